The van der Waals surface area contributed by atoms with E-state index in [0.29, 0.717) is 6.42 Å². The van der Waals surface area contributed by atoms with Crippen LogP contribution < -0.4 is 21.7 Å². The molecule has 11 heteroatoms. The van der Waals surface area contributed by atoms with Gasteiger partial charge in [0.25, 0.3) is 0 Å². The lowest BCUT2D eigenvalue weighted by Gasteiger charge is -2.23. The average molecular weight is 388 g/mol. The number of aliphatic carboxylic acids is 2. The highest BCUT2D eigenvalue weighted by atomic mass is 16.4. The maximum atomic E-state index is 12.4. The Morgan fingerprint density at radius 2 is 1.33 bits per heavy atom. The van der Waals surface area contributed by atoms with Gasteiger partial charge in [-0.1, -0.05) is 13.8 Å². The molecule has 0 bridgehead atoms. The number of carboxylic acid groups (broad SMARTS) is 2. The first-order chi connectivity index (χ1) is 12.3. The molecule has 11 nitrogen and oxygen atoms in total. The molecule has 0 spiro atoms. The smallest absolute Gasteiger partial charge is 0.326 e. The number of carboxylic acids is 2. The van der Waals surface area contributed by atoms with Gasteiger partial charge in [-0.05, 0) is 26.2 Å². The summed E-state index contributed by atoms with van der Waals surface area (Å²) in [5, 5.41) is 24.6. The standard InChI is InChI=1S/C16H28N4O7/c1-7(2)5-10(19-13(23)8(3)17)15(25)18-9(4)14(24)20-11(16(26)27)6-12(21)22/h7-11H,5-6,17H2,1-4H3,(H,18,25)(H,19,23)(H,20,24)(H,21,22)(H,26,27). The first-order valence-electron chi connectivity index (χ1n) is 8.46. The summed E-state index contributed by atoms with van der Waals surface area (Å²) >= 11 is 0. The van der Waals surface area contributed by atoms with Gasteiger partial charge in [0.15, 0.2) is 0 Å². The largest absolute Gasteiger partial charge is 0.481 e. The fraction of sp³-hybridized carbons (Fsp3) is 0.688. The Bertz CT molecular complexity index is 577. The molecular formula is C16H28N4O7. The zero-order valence-electron chi connectivity index (χ0n) is 15.8. The third kappa shape index (κ3) is 9.54. The van der Waals surface area contributed by atoms with Gasteiger partial charge in [-0.15, -0.1) is 0 Å². The molecule has 4 unspecified atom stereocenters. The highest BCUT2D eigenvalue weighted by Crippen LogP contribution is 2.06. The number of rotatable bonds is 11. The number of carbonyl (C=O) groups is 5. The van der Waals surface area contributed by atoms with Crippen molar-refractivity contribution in [1.82, 2.24) is 16.0 Å². The Balaban J connectivity index is 4.98. The van der Waals surface area contributed by atoms with Crippen molar-refractivity contribution in [3.05, 3.63) is 0 Å². The SMILES string of the molecule is CC(C)CC(NC(=O)C(C)N)C(=O)NC(C)C(=O)NC(CC(=O)O)C(=O)O. The van der Waals surface area contributed by atoms with Gasteiger partial charge in [0.05, 0.1) is 12.5 Å². The van der Waals surface area contributed by atoms with Crippen LogP contribution in [0, 0.1) is 5.92 Å². The number of nitrogens with two attached hydrogens (primary N) is 1. The molecular weight excluding hydrogens is 360 g/mol. The molecule has 0 fully saturated rings. The van der Waals surface area contributed by atoms with Gasteiger partial charge in [-0.25, -0.2) is 4.79 Å². The van der Waals surface area contributed by atoms with Gasteiger partial charge in [0, 0.05) is 0 Å². The number of hydrogen-bond acceptors (Lipinski definition) is 6. The molecule has 0 aromatic rings. The number of amides is 3. The van der Waals surface area contributed by atoms with Crippen molar-refractivity contribution < 1.29 is 34.2 Å². The van der Waals surface area contributed by atoms with Gasteiger partial charge in [0.2, 0.25) is 17.7 Å². The molecule has 0 aromatic carbocycles. The van der Waals surface area contributed by atoms with E-state index in [0.717, 1.165) is 0 Å². The number of nitrogens with one attached hydrogen (secondary N) is 3. The van der Waals surface area contributed by atoms with Crippen molar-refractivity contribution in [1.29, 1.82) is 0 Å². The minimum Gasteiger partial charge on any atom is -0.481 e. The predicted molar refractivity (Wildman–Crippen MR) is 94.5 cm³/mol. The van der Waals surface area contributed by atoms with E-state index < -0.39 is 60.2 Å². The van der Waals surface area contributed by atoms with Gasteiger partial charge >= 0.3 is 11.9 Å². The van der Waals surface area contributed by atoms with Gasteiger partial charge in [0.1, 0.15) is 18.1 Å². The summed E-state index contributed by atoms with van der Waals surface area (Å²) in [6.07, 6.45) is -0.502. The maximum absolute atomic E-state index is 12.4. The van der Waals surface area contributed by atoms with Crippen LogP contribution >= 0.6 is 0 Å². The van der Waals surface area contributed by atoms with Crippen molar-refractivity contribution in [2.75, 3.05) is 0 Å². The normalized spacial score (nSPS) is 15.2. The van der Waals surface area contributed by atoms with E-state index in [4.69, 9.17) is 15.9 Å². The van der Waals surface area contributed by atoms with Crippen molar-refractivity contribution in [3.8, 4) is 0 Å². The molecule has 0 heterocycles. The molecule has 0 aliphatic heterocycles. The second-order valence-electron chi connectivity index (χ2n) is 6.71. The predicted octanol–water partition coefficient (Wildman–Crippen LogP) is -1.59. The molecule has 0 aliphatic rings. The van der Waals surface area contributed by atoms with E-state index in [9.17, 15) is 24.0 Å². The third-order valence-electron chi connectivity index (χ3n) is 3.50. The molecule has 154 valence electrons. The fourth-order valence-electron chi connectivity index (χ4n) is 2.06. The topological polar surface area (TPSA) is 188 Å². The Hall–Kier alpha value is -2.69. The summed E-state index contributed by atoms with van der Waals surface area (Å²) in [6, 6.07) is -4.51. The quantitative estimate of drug-likeness (QED) is 0.244. The fourth-order valence-corrected chi connectivity index (χ4v) is 2.06. The highest BCUT2D eigenvalue weighted by molar-refractivity contribution is 5.94. The lowest BCUT2D eigenvalue weighted by Crippen LogP contribution is -2.56. The number of hydrogen-bond donors (Lipinski definition) is 6. The monoisotopic (exact) mass is 388 g/mol. The molecule has 27 heavy (non-hydrogen) atoms. The lowest BCUT2D eigenvalue weighted by molar-refractivity contribution is -0.147. The molecule has 3 amide bonds. The van der Waals surface area contributed by atoms with Crippen LogP contribution in [0.2, 0.25) is 0 Å². The molecule has 0 saturated carbocycles. The van der Waals surface area contributed by atoms with Crippen LogP contribution in [-0.2, 0) is 24.0 Å². The summed E-state index contributed by atoms with van der Waals surface area (Å²) in [5.41, 5.74) is 5.48. The van der Waals surface area contributed by atoms with E-state index in [2.05, 4.69) is 16.0 Å². The molecule has 0 rings (SSSR count). The summed E-state index contributed by atoms with van der Waals surface area (Å²) in [5.74, 6) is -4.86. The Labute approximate surface area is 157 Å². The van der Waals surface area contributed by atoms with E-state index in [1.54, 1.807) is 0 Å². The first-order valence-corrected chi connectivity index (χ1v) is 8.46. The zero-order valence-corrected chi connectivity index (χ0v) is 15.8. The Kier molecular flexibility index (Phi) is 10.0. The Morgan fingerprint density at radius 3 is 1.74 bits per heavy atom. The Morgan fingerprint density at radius 1 is 0.815 bits per heavy atom. The van der Waals surface area contributed by atoms with Crippen molar-refractivity contribution in [3.63, 3.8) is 0 Å². The third-order valence-corrected chi connectivity index (χ3v) is 3.50. The van der Waals surface area contributed by atoms with Crippen molar-refractivity contribution in [2.24, 2.45) is 11.7 Å². The highest BCUT2D eigenvalue weighted by Gasteiger charge is 2.29. The molecule has 7 N–H and O–H groups in total. The number of carbonyl (C=O) groups excluding carboxylic acids is 3. The lowest BCUT2D eigenvalue weighted by atomic mass is 10.0. The average Bonchev–Trinajstić information content (AvgIpc) is 2.51. The minimum atomic E-state index is -1.63. The van der Waals surface area contributed by atoms with E-state index in [1.165, 1.54) is 13.8 Å². The second-order valence-corrected chi connectivity index (χ2v) is 6.71. The summed E-state index contributed by atoms with van der Waals surface area (Å²) < 4.78 is 0. The van der Waals surface area contributed by atoms with Gasteiger partial charge in [-0.2, -0.15) is 0 Å². The minimum absolute atomic E-state index is 0.0604. The van der Waals surface area contributed by atoms with Gasteiger partial charge < -0.3 is 31.9 Å². The molecule has 0 saturated heterocycles. The van der Waals surface area contributed by atoms with Crippen LogP contribution in [0.3, 0.4) is 0 Å². The molecule has 4 atom stereocenters. The van der Waals surface area contributed by atoms with Crippen LogP contribution in [0.5, 0.6) is 0 Å². The zero-order chi connectivity index (χ0) is 21.3. The first kappa shape index (κ1) is 24.3. The van der Waals surface area contributed by atoms with Crippen LogP contribution in [0.4, 0.5) is 0 Å². The summed E-state index contributed by atoms with van der Waals surface area (Å²) in [6.45, 7) is 6.46. The maximum Gasteiger partial charge on any atom is 0.326 e. The van der Waals surface area contributed by atoms with Crippen LogP contribution in [0.15, 0.2) is 0 Å². The van der Waals surface area contributed by atoms with E-state index in [-0.39, 0.29) is 5.92 Å². The van der Waals surface area contributed by atoms with Crippen LogP contribution in [-0.4, -0.2) is 64.0 Å². The van der Waals surface area contributed by atoms with Crippen LogP contribution in [0.25, 0.3) is 0 Å². The van der Waals surface area contributed by atoms with E-state index in [1.807, 2.05) is 13.8 Å². The second kappa shape index (κ2) is 11.1. The van der Waals surface area contributed by atoms with Gasteiger partial charge in [-0.3, -0.25) is 19.2 Å². The molecule has 0 radical (unpaired) electrons. The summed E-state index contributed by atoms with van der Waals surface area (Å²) in [4.78, 5) is 57.9. The molecule has 0 aromatic heterocycles. The van der Waals surface area contributed by atoms with Crippen molar-refractivity contribution in [2.45, 2.75) is 64.7 Å². The van der Waals surface area contributed by atoms with E-state index >= 15 is 0 Å². The molecule has 0 aliphatic carbocycles. The van der Waals surface area contributed by atoms with Crippen molar-refractivity contribution >= 4 is 29.7 Å². The summed E-state index contributed by atoms with van der Waals surface area (Å²) in [7, 11) is 0. The van der Waals surface area contributed by atoms with Crippen LogP contribution in [0.1, 0.15) is 40.5 Å².